The van der Waals surface area contributed by atoms with Crippen molar-refractivity contribution >= 4 is 12.0 Å². The molecule has 1 aromatic carbocycles. The molecule has 0 bridgehead atoms. The molecule has 3 rings (SSSR count). The van der Waals surface area contributed by atoms with E-state index in [1.54, 1.807) is 24.5 Å². The molecule has 5 nitrogen and oxygen atoms in total. The van der Waals surface area contributed by atoms with Gasteiger partial charge in [0.2, 0.25) is 5.91 Å². The molecular weight excluding hydrogens is 280 g/mol. The van der Waals surface area contributed by atoms with Crippen LogP contribution < -0.4 is 5.32 Å². The summed E-state index contributed by atoms with van der Waals surface area (Å²) in [4.78, 5) is 11.7. The second kappa shape index (κ2) is 6.58. The third kappa shape index (κ3) is 3.52. The van der Waals surface area contributed by atoms with Gasteiger partial charge >= 0.3 is 0 Å². The largest absolute Gasteiger partial charge is 0.465 e. The number of rotatable bonds is 5. The highest BCUT2D eigenvalue weighted by Crippen LogP contribution is 2.18. The van der Waals surface area contributed by atoms with Gasteiger partial charge in [0.05, 0.1) is 12.8 Å². The normalized spacial score (nSPS) is 10.9. The molecule has 0 aliphatic carbocycles. The molecule has 0 radical (unpaired) electrons. The first-order valence-electron chi connectivity index (χ1n) is 6.82. The lowest BCUT2D eigenvalue weighted by atomic mass is 10.1. The summed E-state index contributed by atoms with van der Waals surface area (Å²) < 4.78 is 10.3. The fourth-order valence-electron chi connectivity index (χ4n) is 1.92. The van der Waals surface area contributed by atoms with E-state index in [4.69, 9.17) is 8.94 Å². The van der Waals surface area contributed by atoms with Crippen molar-refractivity contribution in [2.45, 2.75) is 6.54 Å². The van der Waals surface area contributed by atoms with Gasteiger partial charge < -0.3 is 14.3 Å². The first-order valence-corrected chi connectivity index (χ1v) is 6.82. The van der Waals surface area contributed by atoms with Gasteiger partial charge in [-0.2, -0.15) is 0 Å². The summed E-state index contributed by atoms with van der Waals surface area (Å²) in [6.07, 6.45) is 4.57. The van der Waals surface area contributed by atoms with Crippen LogP contribution in [0.1, 0.15) is 11.5 Å². The topological polar surface area (TPSA) is 68.3 Å². The predicted octanol–water partition coefficient (Wildman–Crippen LogP) is 3.26. The lowest BCUT2D eigenvalue weighted by Crippen LogP contribution is -2.19. The van der Waals surface area contributed by atoms with E-state index in [2.05, 4.69) is 10.5 Å². The van der Waals surface area contributed by atoms with Crippen LogP contribution >= 0.6 is 0 Å². The maximum absolute atomic E-state index is 11.7. The van der Waals surface area contributed by atoms with Crippen LogP contribution in [0.25, 0.3) is 17.3 Å². The minimum atomic E-state index is -0.228. The summed E-state index contributed by atoms with van der Waals surface area (Å²) in [6.45, 7) is 0.279. The van der Waals surface area contributed by atoms with Crippen LogP contribution in [-0.4, -0.2) is 11.1 Å². The van der Waals surface area contributed by atoms with Crippen LogP contribution in [0.15, 0.2) is 69.8 Å². The van der Waals surface area contributed by atoms with Gasteiger partial charge in [0, 0.05) is 17.7 Å². The molecule has 1 N–H and O–H groups in total. The van der Waals surface area contributed by atoms with E-state index in [0.29, 0.717) is 11.5 Å². The molecule has 3 aromatic rings. The molecule has 110 valence electrons. The average Bonchev–Trinajstić information content (AvgIpc) is 3.23. The zero-order valence-corrected chi connectivity index (χ0v) is 11.7. The summed E-state index contributed by atoms with van der Waals surface area (Å²) in [5.41, 5.74) is 1.72. The van der Waals surface area contributed by atoms with Gasteiger partial charge in [0.25, 0.3) is 0 Å². The SMILES string of the molecule is O=C(C=Cc1ccco1)NCc1cc(-c2ccccc2)no1. The molecule has 5 heteroatoms. The minimum Gasteiger partial charge on any atom is -0.465 e. The number of furan rings is 1. The summed E-state index contributed by atoms with van der Waals surface area (Å²) in [5.74, 6) is 0.994. The Bertz CT molecular complexity index is 758. The second-order valence-electron chi connectivity index (χ2n) is 4.61. The maximum Gasteiger partial charge on any atom is 0.244 e. The molecule has 0 saturated carbocycles. The number of aromatic nitrogens is 1. The molecule has 0 aliphatic heterocycles. The van der Waals surface area contributed by atoms with Gasteiger partial charge in [-0.25, -0.2) is 0 Å². The number of nitrogens with one attached hydrogen (secondary N) is 1. The Morgan fingerprint density at radius 2 is 2.05 bits per heavy atom. The van der Waals surface area contributed by atoms with Gasteiger partial charge in [0.15, 0.2) is 5.76 Å². The van der Waals surface area contributed by atoms with Gasteiger partial charge in [-0.15, -0.1) is 0 Å². The molecule has 2 aromatic heterocycles. The predicted molar refractivity (Wildman–Crippen MR) is 81.5 cm³/mol. The average molecular weight is 294 g/mol. The van der Waals surface area contributed by atoms with Crippen molar-refractivity contribution in [1.29, 1.82) is 0 Å². The molecule has 0 fully saturated rings. The van der Waals surface area contributed by atoms with Crippen LogP contribution in [0, 0.1) is 0 Å². The van der Waals surface area contributed by atoms with Gasteiger partial charge in [-0.1, -0.05) is 35.5 Å². The Balaban J connectivity index is 1.56. The third-order valence-corrected chi connectivity index (χ3v) is 3.01. The number of hydrogen-bond acceptors (Lipinski definition) is 4. The van der Waals surface area contributed by atoms with E-state index in [-0.39, 0.29) is 12.5 Å². The molecule has 0 atom stereocenters. The van der Waals surface area contributed by atoms with Crippen molar-refractivity contribution in [2.24, 2.45) is 0 Å². The maximum atomic E-state index is 11.7. The first kappa shape index (κ1) is 13.9. The lowest BCUT2D eigenvalue weighted by molar-refractivity contribution is -0.116. The summed E-state index contributed by atoms with van der Waals surface area (Å²) in [6, 6.07) is 15.1. The minimum absolute atomic E-state index is 0.228. The number of benzene rings is 1. The highest BCUT2D eigenvalue weighted by Gasteiger charge is 2.06. The molecular formula is C17H14N2O3. The number of nitrogens with zero attached hydrogens (tertiary/aromatic N) is 1. The number of amides is 1. The third-order valence-electron chi connectivity index (χ3n) is 3.01. The Labute approximate surface area is 127 Å². The van der Waals surface area contributed by atoms with Gasteiger partial charge in [-0.3, -0.25) is 4.79 Å². The van der Waals surface area contributed by atoms with E-state index < -0.39 is 0 Å². The van der Waals surface area contributed by atoms with Crippen molar-refractivity contribution in [3.63, 3.8) is 0 Å². The number of carbonyl (C=O) groups excluding carboxylic acids is 1. The summed E-state index contributed by atoms with van der Waals surface area (Å²) in [5, 5.41) is 6.72. The molecule has 0 spiro atoms. The van der Waals surface area contributed by atoms with Crippen molar-refractivity contribution in [3.05, 3.63) is 72.4 Å². The number of carbonyl (C=O) groups is 1. The Hall–Kier alpha value is -3.08. The Morgan fingerprint density at radius 3 is 2.82 bits per heavy atom. The van der Waals surface area contributed by atoms with Crippen LogP contribution in [0.5, 0.6) is 0 Å². The monoisotopic (exact) mass is 294 g/mol. The molecule has 0 aliphatic rings. The van der Waals surface area contributed by atoms with Gasteiger partial charge in [0.1, 0.15) is 11.5 Å². The van der Waals surface area contributed by atoms with E-state index >= 15 is 0 Å². The van der Waals surface area contributed by atoms with Crippen LogP contribution in [-0.2, 0) is 11.3 Å². The second-order valence-corrected chi connectivity index (χ2v) is 4.61. The van der Waals surface area contributed by atoms with E-state index in [1.807, 2.05) is 36.4 Å². The standard InChI is InChI=1S/C17H14N2O3/c20-17(9-8-14-7-4-10-21-14)18-12-15-11-16(19-22-15)13-5-2-1-3-6-13/h1-11H,12H2,(H,18,20). The van der Waals surface area contributed by atoms with Crippen molar-refractivity contribution < 1.29 is 13.7 Å². The molecule has 0 unspecified atom stereocenters. The fraction of sp³-hybridized carbons (Fsp3) is 0.0588. The highest BCUT2D eigenvalue weighted by atomic mass is 16.5. The lowest BCUT2D eigenvalue weighted by Gasteiger charge is -1.96. The molecule has 1 amide bonds. The van der Waals surface area contributed by atoms with Crippen LogP contribution in [0.2, 0.25) is 0 Å². The van der Waals surface area contributed by atoms with Crippen molar-refractivity contribution in [2.75, 3.05) is 0 Å². The first-order chi connectivity index (χ1) is 10.8. The Kier molecular flexibility index (Phi) is 4.15. The quantitative estimate of drug-likeness (QED) is 0.733. The molecule has 2 heterocycles. The zero-order chi connectivity index (χ0) is 15.2. The Morgan fingerprint density at radius 1 is 1.18 bits per heavy atom. The van der Waals surface area contributed by atoms with E-state index in [9.17, 15) is 4.79 Å². The zero-order valence-electron chi connectivity index (χ0n) is 11.7. The van der Waals surface area contributed by atoms with E-state index in [1.165, 1.54) is 6.08 Å². The van der Waals surface area contributed by atoms with Crippen LogP contribution in [0.3, 0.4) is 0 Å². The summed E-state index contributed by atoms with van der Waals surface area (Å²) in [7, 11) is 0. The highest BCUT2D eigenvalue weighted by molar-refractivity contribution is 5.91. The van der Waals surface area contributed by atoms with Crippen molar-refractivity contribution in [3.8, 4) is 11.3 Å². The summed E-state index contributed by atoms with van der Waals surface area (Å²) >= 11 is 0. The van der Waals surface area contributed by atoms with Gasteiger partial charge in [-0.05, 0) is 18.2 Å². The van der Waals surface area contributed by atoms with Crippen LogP contribution in [0.4, 0.5) is 0 Å². The smallest absolute Gasteiger partial charge is 0.244 e. The molecule has 0 saturated heterocycles. The van der Waals surface area contributed by atoms with E-state index in [0.717, 1.165) is 11.3 Å². The molecule has 22 heavy (non-hydrogen) atoms. The fourth-order valence-corrected chi connectivity index (χ4v) is 1.92. The number of hydrogen-bond donors (Lipinski definition) is 1. The van der Waals surface area contributed by atoms with Crippen molar-refractivity contribution in [1.82, 2.24) is 10.5 Å².